The summed E-state index contributed by atoms with van der Waals surface area (Å²) in [4.78, 5) is 0. The van der Waals surface area contributed by atoms with Gasteiger partial charge in [-0.05, 0) is 64.2 Å². The standard InChI is InChI=1S/C25H20O3/c1-2-15-3-5-16(6-4-15)24-22-13-20(27)8-7-17(22)12-23-21-10-9-19(26)11-18(21)14-28-25(23)24/h3-13,26-27H,2,14H2,1H3. The van der Waals surface area contributed by atoms with Crippen LogP contribution in [0.1, 0.15) is 18.1 Å². The van der Waals surface area contributed by atoms with E-state index < -0.39 is 0 Å². The summed E-state index contributed by atoms with van der Waals surface area (Å²) in [6, 6.07) is 21.5. The largest absolute Gasteiger partial charge is 0.508 e. The van der Waals surface area contributed by atoms with Crippen LogP contribution in [0.2, 0.25) is 0 Å². The molecule has 4 aromatic carbocycles. The Kier molecular flexibility index (Phi) is 3.76. The summed E-state index contributed by atoms with van der Waals surface area (Å²) in [7, 11) is 0. The molecule has 1 aliphatic heterocycles. The van der Waals surface area contributed by atoms with Gasteiger partial charge >= 0.3 is 0 Å². The lowest BCUT2D eigenvalue weighted by atomic mass is 9.88. The lowest BCUT2D eigenvalue weighted by Gasteiger charge is -2.25. The van der Waals surface area contributed by atoms with E-state index in [0.29, 0.717) is 6.61 Å². The van der Waals surface area contributed by atoms with Gasteiger partial charge in [0, 0.05) is 16.7 Å². The van der Waals surface area contributed by atoms with Crippen molar-refractivity contribution >= 4 is 10.8 Å². The van der Waals surface area contributed by atoms with Gasteiger partial charge in [0.15, 0.2) is 0 Å². The van der Waals surface area contributed by atoms with Gasteiger partial charge in [-0.2, -0.15) is 0 Å². The highest BCUT2D eigenvalue weighted by atomic mass is 16.5. The number of phenols is 2. The minimum Gasteiger partial charge on any atom is -0.508 e. The average molecular weight is 368 g/mol. The smallest absolute Gasteiger partial charge is 0.136 e. The lowest BCUT2D eigenvalue weighted by molar-refractivity contribution is 0.303. The second-order valence-electron chi connectivity index (χ2n) is 7.21. The Morgan fingerprint density at radius 2 is 1.57 bits per heavy atom. The zero-order valence-corrected chi connectivity index (χ0v) is 15.6. The van der Waals surface area contributed by atoms with Crippen molar-refractivity contribution in [1.29, 1.82) is 0 Å². The van der Waals surface area contributed by atoms with Crippen molar-refractivity contribution in [1.82, 2.24) is 0 Å². The van der Waals surface area contributed by atoms with Crippen molar-refractivity contribution < 1.29 is 14.9 Å². The number of benzene rings is 4. The van der Waals surface area contributed by atoms with E-state index >= 15 is 0 Å². The van der Waals surface area contributed by atoms with Crippen LogP contribution in [-0.4, -0.2) is 10.2 Å². The Balaban J connectivity index is 1.85. The number of hydrogen-bond acceptors (Lipinski definition) is 3. The first-order valence-electron chi connectivity index (χ1n) is 9.48. The van der Waals surface area contributed by atoms with Crippen LogP contribution in [0.3, 0.4) is 0 Å². The van der Waals surface area contributed by atoms with Crippen molar-refractivity contribution in [2.24, 2.45) is 0 Å². The first kappa shape index (κ1) is 16.7. The fraction of sp³-hybridized carbons (Fsp3) is 0.120. The molecule has 0 spiro atoms. The third-order valence-corrected chi connectivity index (χ3v) is 5.48. The Morgan fingerprint density at radius 3 is 2.36 bits per heavy atom. The van der Waals surface area contributed by atoms with Gasteiger partial charge in [0.25, 0.3) is 0 Å². The third kappa shape index (κ3) is 2.59. The number of aromatic hydroxyl groups is 2. The molecule has 1 aliphatic rings. The zero-order chi connectivity index (χ0) is 19.3. The van der Waals surface area contributed by atoms with E-state index in [9.17, 15) is 10.2 Å². The first-order chi connectivity index (χ1) is 13.6. The number of ether oxygens (including phenoxy) is 1. The van der Waals surface area contributed by atoms with E-state index in [2.05, 4.69) is 37.3 Å². The molecule has 0 unspecified atom stereocenters. The van der Waals surface area contributed by atoms with E-state index in [0.717, 1.165) is 50.8 Å². The Hall–Kier alpha value is -3.46. The molecular weight excluding hydrogens is 348 g/mol. The Morgan fingerprint density at radius 1 is 0.821 bits per heavy atom. The van der Waals surface area contributed by atoms with Gasteiger partial charge in [-0.15, -0.1) is 0 Å². The van der Waals surface area contributed by atoms with E-state index in [1.54, 1.807) is 24.3 Å². The molecule has 0 radical (unpaired) electrons. The number of hydrogen-bond donors (Lipinski definition) is 2. The van der Waals surface area contributed by atoms with Crippen LogP contribution >= 0.6 is 0 Å². The van der Waals surface area contributed by atoms with E-state index in [4.69, 9.17) is 4.74 Å². The second kappa shape index (κ2) is 6.31. The van der Waals surface area contributed by atoms with Gasteiger partial charge in [0.1, 0.15) is 23.9 Å². The van der Waals surface area contributed by atoms with Gasteiger partial charge < -0.3 is 14.9 Å². The Labute approximate surface area is 163 Å². The summed E-state index contributed by atoms with van der Waals surface area (Å²) < 4.78 is 6.20. The zero-order valence-electron chi connectivity index (χ0n) is 15.6. The SMILES string of the molecule is CCc1ccc(-c2c3c(cc4ccc(O)cc24)-c2ccc(O)cc2CO3)cc1. The van der Waals surface area contributed by atoms with Gasteiger partial charge in [-0.1, -0.05) is 43.3 Å². The third-order valence-electron chi connectivity index (χ3n) is 5.48. The molecule has 0 atom stereocenters. The number of phenolic OH excluding ortho intramolecular Hbond substituents is 2. The summed E-state index contributed by atoms with van der Waals surface area (Å²) in [5.74, 6) is 1.30. The number of fused-ring (bicyclic) bond motifs is 4. The molecular formula is C25H20O3. The maximum Gasteiger partial charge on any atom is 0.136 e. The number of rotatable bonds is 2. The minimum absolute atomic E-state index is 0.236. The molecule has 0 fully saturated rings. The molecule has 0 saturated carbocycles. The maximum atomic E-state index is 10.1. The molecule has 3 heteroatoms. The summed E-state index contributed by atoms with van der Waals surface area (Å²) in [6.07, 6.45) is 0.988. The van der Waals surface area contributed by atoms with Crippen LogP contribution in [-0.2, 0) is 13.0 Å². The molecule has 28 heavy (non-hydrogen) atoms. The van der Waals surface area contributed by atoms with Crippen molar-refractivity contribution in [2.45, 2.75) is 20.0 Å². The minimum atomic E-state index is 0.236. The molecule has 0 saturated heterocycles. The predicted molar refractivity (Wildman–Crippen MR) is 112 cm³/mol. The molecule has 1 heterocycles. The second-order valence-corrected chi connectivity index (χ2v) is 7.21. The van der Waals surface area contributed by atoms with Crippen LogP contribution in [0.4, 0.5) is 0 Å². The van der Waals surface area contributed by atoms with Gasteiger partial charge in [0.2, 0.25) is 0 Å². The maximum absolute atomic E-state index is 10.1. The highest BCUT2D eigenvalue weighted by Gasteiger charge is 2.24. The fourth-order valence-corrected chi connectivity index (χ4v) is 4.02. The normalized spacial score (nSPS) is 12.3. The monoisotopic (exact) mass is 368 g/mol. The fourth-order valence-electron chi connectivity index (χ4n) is 4.02. The number of aryl methyl sites for hydroxylation is 1. The van der Waals surface area contributed by atoms with Crippen LogP contribution in [0, 0.1) is 0 Å². The molecule has 2 N–H and O–H groups in total. The average Bonchev–Trinajstić information content (AvgIpc) is 2.72. The van der Waals surface area contributed by atoms with E-state index in [1.165, 1.54) is 5.56 Å². The molecule has 138 valence electrons. The first-order valence-corrected chi connectivity index (χ1v) is 9.48. The van der Waals surface area contributed by atoms with Gasteiger partial charge in [-0.3, -0.25) is 0 Å². The predicted octanol–water partition coefficient (Wildman–Crippen LogP) is 6.04. The Bertz CT molecular complexity index is 1210. The van der Waals surface area contributed by atoms with Crippen molar-refractivity contribution in [3.8, 4) is 39.5 Å². The molecule has 5 rings (SSSR count). The summed E-state index contributed by atoms with van der Waals surface area (Å²) in [5, 5.41) is 21.9. The van der Waals surface area contributed by atoms with Crippen molar-refractivity contribution in [3.05, 3.63) is 77.9 Å². The van der Waals surface area contributed by atoms with Crippen LogP contribution in [0.15, 0.2) is 66.7 Å². The quantitative estimate of drug-likeness (QED) is 0.453. The van der Waals surface area contributed by atoms with Crippen molar-refractivity contribution in [3.63, 3.8) is 0 Å². The highest BCUT2D eigenvalue weighted by molar-refractivity contribution is 6.05. The topological polar surface area (TPSA) is 49.7 Å². The molecule has 0 aromatic heterocycles. The summed E-state index contributed by atoms with van der Waals surface area (Å²) >= 11 is 0. The molecule has 0 aliphatic carbocycles. The molecule has 3 nitrogen and oxygen atoms in total. The van der Waals surface area contributed by atoms with Crippen LogP contribution in [0.5, 0.6) is 17.2 Å². The van der Waals surface area contributed by atoms with Crippen LogP contribution in [0.25, 0.3) is 33.0 Å². The lowest BCUT2D eigenvalue weighted by Crippen LogP contribution is -2.07. The highest BCUT2D eigenvalue weighted by Crippen LogP contribution is 2.48. The molecule has 0 amide bonds. The van der Waals surface area contributed by atoms with Gasteiger partial charge in [0.05, 0.1) is 0 Å². The van der Waals surface area contributed by atoms with E-state index in [1.807, 2.05) is 12.1 Å². The summed E-state index contributed by atoms with van der Waals surface area (Å²) in [5.41, 5.74) is 6.38. The van der Waals surface area contributed by atoms with E-state index in [-0.39, 0.29) is 11.5 Å². The molecule has 0 bridgehead atoms. The molecule has 4 aromatic rings. The van der Waals surface area contributed by atoms with Crippen LogP contribution < -0.4 is 4.74 Å². The van der Waals surface area contributed by atoms with Gasteiger partial charge in [-0.25, -0.2) is 0 Å². The summed E-state index contributed by atoms with van der Waals surface area (Å²) in [6.45, 7) is 2.55. The van der Waals surface area contributed by atoms with Crippen molar-refractivity contribution in [2.75, 3.05) is 0 Å².